The normalized spacial score (nSPS) is 17.2. The van der Waals surface area contributed by atoms with Crippen molar-refractivity contribution in [3.05, 3.63) is 59.8 Å². The van der Waals surface area contributed by atoms with E-state index in [0.717, 1.165) is 30.1 Å². The van der Waals surface area contributed by atoms with Crippen LogP contribution in [0, 0.1) is 5.92 Å². The monoisotopic (exact) mass is 342 g/mol. The molecule has 3 rings (SSSR count). The van der Waals surface area contributed by atoms with Crippen molar-refractivity contribution in [3.63, 3.8) is 0 Å². The first-order valence-corrected chi connectivity index (χ1v) is 9.39. The summed E-state index contributed by atoms with van der Waals surface area (Å²) in [4.78, 5) is 18.8. The van der Waals surface area contributed by atoms with Crippen LogP contribution in [-0.2, 0) is 11.3 Å². The largest absolute Gasteiger partial charge is 0.376 e. The first kappa shape index (κ1) is 17.0. The van der Waals surface area contributed by atoms with Gasteiger partial charge in [-0.05, 0) is 30.4 Å². The van der Waals surface area contributed by atoms with E-state index < -0.39 is 0 Å². The van der Waals surface area contributed by atoms with Gasteiger partial charge in [0.05, 0.1) is 18.2 Å². The molecule has 126 valence electrons. The summed E-state index contributed by atoms with van der Waals surface area (Å²) in [5, 5.41) is 0.878. The number of carbonyl (C=O) groups is 1. The molecule has 1 aromatic heterocycles. The number of carbonyl (C=O) groups excluding carboxylic acids is 1. The molecular formula is C19H22N2O2S. The van der Waals surface area contributed by atoms with Crippen molar-refractivity contribution in [2.45, 2.75) is 18.1 Å². The van der Waals surface area contributed by atoms with Gasteiger partial charge in [0.15, 0.2) is 0 Å². The molecule has 0 unspecified atom stereocenters. The number of hydrogen-bond acceptors (Lipinski definition) is 4. The van der Waals surface area contributed by atoms with E-state index in [1.807, 2.05) is 35.4 Å². The number of amides is 1. The summed E-state index contributed by atoms with van der Waals surface area (Å²) >= 11 is 1.55. The Labute approximate surface area is 147 Å². The number of ether oxygens (including phenoxy) is 1. The molecule has 1 aromatic carbocycles. The number of aromatic nitrogens is 1. The zero-order valence-electron chi connectivity index (χ0n) is 13.9. The number of benzene rings is 1. The number of thioether (sulfide) groups is 1. The first-order valence-electron chi connectivity index (χ1n) is 8.17. The fourth-order valence-electron chi connectivity index (χ4n) is 2.91. The predicted octanol–water partition coefficient (Wildman–Crippen LogP) is 3.48. The Kier molecular flexibility index (Phi) is 5.88. The van der Waals surface area contributed by atoms with Gasteiger partial charge >= 0.3 is 0 Å². The topological polar surface area (TPSA) is 42.4 Å². The molecule has 24 heavy (non-hydrogen) atoms. The van der Waals surface area contributed by atoms with Crippen LogP contribution in [0.4, 0.5) is 0 Å². The van der Waals surface area contributed by atoms with Gasteiger partial charge in [-0.15, -0.1) is 11.8 Å². The third kappa shape index (κ3) is 4.36. The quantitative estimate of drug-likeness (QED) is 0.754. The van der Waals surface area contributed by atoms with Crippen LogP contribution in [0.15, 0.2) is 53.7 Å². The Balaban J connectivity index is 1.48. The molecule has 1 fully saturated rings. The average Bonchev–Trinajstić information content (AvgIpc) is 3.11. The maximum atomic E-state index is 12.6. The van der Waals surface area contributed by atoms with Crippen LogP contribution < -0.4 is 0 Å². The summed E-state index contributed by atoms with van der Waals surface area (Å²) in [5.74, 6) is 0.512. The lowest BCUT2D eigenvalue weighted by Gasteiger charge is -2.17. The number of hydrogen-bond donors (Lipinski definition) is 0. The second kappa shape index (κ2) is 8.31. The van der Waals surface area contributed by atoms with Crippen molar-refractivity contribution in [2.24, 2.45) is 5.92 Å². The molecule has 1 saturated heterocycles. The van der Waals surface area contributed by atoms with Crippen molar-refractivity contribution < 1.29 is 9.53 Å². The average molecular weight is 342 g/mol. The van der Waals surface area contributed by atoms with Crippen molar-refractivity contribution in [3.8, 4) is 0 Å². The van der Waals surface area contributed by atoms with Gasteiger partial charge in [-0.25, -0.2) is 4.98 Å². The van der Waals surface area contributed by atoms with E-state index in [-0.39, 0.29) is 5.91 Å². The minimum Gasteiger partial charge on any atom is -0.376 e. The summed E-state index contributed by atoms with van der Waals surface area (Å²) < 4.78 is 5.82. The molecule has 4 nitrogen and oxygen atoms in total. The Morgan fingerprint density at radius 3 is 2.96 bits per heavy atom. The highest BCUT2D eigenvalue weighted by atomic mass is 32.2. The summed E-state index contributed by atoms with van der Waals surface area (Å²) in [6.07, 6.45) is 4.67. The molecule has 2 aromatic rings. The Hall–Kier alpha value is -1.85. The van der Waals surface area contributed by atoms with Crippen LogP contribution in [0.5, 0.6) is 0 Å². The number of likely N-dealkylation sites (tertiary alicyclic amines) is 1. The molecule has 1 aliphatic rings. The second-order valence-electron chi connectivity index (χ2n) is 5.99. The number of pyridine rings is 1. The van der Waals surface area contributed by atoms with Crippen LogP contribution >= 0.6 is 11.8 Å². The predicted molar refractivity (Wildman–Crippen MR) is 96.1 cm³/mol. The van der Waals surface area contributed by atoms with Crippen molar-refractivity contribution in [1.82, 2.24) is 9.88 Å². The van der Waals surface area contributed by atoms with Gasteiger partial charge in [0, 0.05) is 30.8 Å². The van der Waals surface area contributed by atoms with Gasteiger partial charge < -0.3 is 9.64 Å². The molecule has 1 amide bonds. The van der Waals surface area contributed by atoms with E-state index in [2.05, 4.69) is 17.1 Å². The number of nitrogens with zero attached hydrogens (tertiary/aromatic N) is 2. The lowest BCUT2D eigenvalue weighted by atomic mass is 10.1. The number of rotatable bonds is 6. The molecule has 1 aliphatic heterocycles. The summed E-state index contributed by atoms with van der Waals surface area (Å²) in [7, 11) is 0. The van der Waals surface area contributed by atoms with Gasteiger partial charge in [0.25, 0.3) is 5.91 Å². The smallest absolute Gasteiger partial charge is 0.254 e. The van der Waals surface area contributed by atoms with Crippen LogP contribution in [0.25, 0.3) is 0 Å². The van der Waals surface area contributed by atoms with E-state index in [1.54, 1.807) is 24.0 Å². The molecule has 0 bridgehead atoms. The van der Waals surface area contributed by atoms with E-state index in [9.17, 15) is 4.79 Å². The lowest BCUT2D eigenvalue weighted by molar-refractivity contribution is 0.0732. The fraction of sp³-hybridized carbons (Fsp3) is 0.368. The summed E-state index contributed by atoms with van der Waals surface area (Å²) in [6.45, 7) is 2.90. The van der Waals surface area contributed by atoms with Gasteiger partial charge in [-0.2, -0.15) is 0 Å². The molecular weight excluding hydrogens is 320 g/mol. The maximum absolute atomic E-state index is 12.6. The van der Waals surface area contributed by atoms with E-state index in [0.29, 0.717) is 19.1 Å². The molecule has 0 aliphatic carbocycles. The SMILES string of the molecule is CSc1cc(C(=O)N2CC[C@H](COCc3ccccc3)C2)ccn1. The minimum absolute atomic E-state index is 0.0956. The molecule has 5 heteroatoms. The van der Waals surface area contributed by atoms with Gasteiger partial charge in [-0.3, -0.25) is 4.79 Å². The standard InChI is InChI=1S/C19H22N2O2S/c1-24-18-11-17(7-9-20-18)19(22)21-10-8-16(12-21)14-23-13-15-5-3-2-4-6-15/h2-7,9,11,16H,8,10,12-14H2,1H3/t16-/m0/s1. The molecule has 0 spiro atoms. The minimum atomic E-state index is 0.0956. The Morgan fingerprint density at radius 2 is 2.17 bits per heavy atom. The Morgan fingerprint density at radius 1 is 1.33 bits per heavy atom. The van der Waals surface area contributed by atoms with Crippen LogP contribution in [0.3, 0.4) is 0 Å². The van der Waals surface area contributed by atoms with Crippen molar-refractivity contribution in [1.29, 1.82) is 0 Å². The fourth-order valence-corrected chi connectivity index (χ4v) is 3.32. The van der Waals surface area contributed by atoms with Crippen molar-refractivity contribution >= 4 is 17.7 Å². The molecule has 0 radical (unpaired) electrons. The highest BCUT2D eigenvalue weighted by Gasteiger charge is 2.27. The summed E-state index contributed by atoms with van der Waals surface area (Å²) in [6, 6.07) is 13.8. The van der Waals surface area contributed by atoms with E-state index in [4.69, 9.17) is 4.74 Å². The molecule has 0 saturated carbocycles. The highest BCUT2D eigenvalue weighted by Crippen LogP contribution is 2.21. The maximum Gasteiger partial charge on any atom is 0.254 e. The first-order chi connectivity index (χ1) is 11.8. The molecule has 1 atom stereocenters. The van der Waals surface area contributed by atoms with Crippen LogP contribution in [0.1, 0.15) is 22.3 Å². The van der Waals surface area contributed by atoms with E-state index >= 15 is 0 Å². The zero-order chi connectivity index (χ0) is 16.8. The second-order valence-corrected chi connectivity index (χ2v) is 6.82. The highest BCUT2D eigenvalue weighted by molar-refractivity contribution is 7.98. The van der Waals surface area contributed by atoms with Gasteiger partial charge in [0.1, 0.15) is 0 Å². The van der Waals surface area contributed by atoms with Crippen LogP contribution in [0.2, 0.25) is 0 Å². The molecule has 2 heterocycles. The lowest BCUT2D eigenvalue weighted by Crippen LogP contribution is -2.29. The third-order valence-corrected chi connectivity index (χ3v) is 4.87. The molecule has 0 N–H and O–H groups in total. The third-order valence-electron chi connectivity index (χ3n) is 4.23. The Bertz CT molecular complexity index is 678. The zero-order valence-corrected chi connectivity index (χ0v) is 14.7. The van der Waals surface area contributed by atoms with E-state index in [1.165, 1.54) is 5.56 Å². The van der Waals surface area contributed by atoms with Gasteiger partial charge in [0.2, 0.25) is 0 Å². The van der Waals surface area contributed by atoms with Gasteiger partial charge in [-0.1, -0.05) is 30.3 Å². The van der Waals surface area contributed by atoms with Crippen molar-refractivity contribution in [2.75, 3.05) is 26.0 Å². The summed E-state index contributed by atoms with van der Waals surface area (Å²) in [5.41, 5.74) is 1.91. The van der Waals surface area contributed by atoms with Crippen LogP contribution in [-0.4, -0.2) is 41.7 Å².